The van der Waals surface area contributed by atoms with Crippen LogP contribution < -0.4 is 0 Å². The first-order valence-corrected chi connectivity index (χ1v) is 6.25. The molecule has 90 valence electrons. The monoisotopic (exact) mass is 277 g/mol. The van der Waals surface area contributed by atoms with E-state index in [0.29, 0.717) is 9.93 Å². The fraction of sp³-hybridized carbons (Fsp3) is 0.0769. The number of carbonyl (C=O) groups excluding carboxylic acids is 2. The summed E-state index contributed by atoms with van der Waals surface area (Å²) < 4.78 is 0. The largest absolute Gasteiger partial charge is 0.294 e. The Bertz CT molecular complexity index is 572. The van der Waals surface area contributed by atoms with Crippen molar-refractivity contribution in [2.24, 2.45) is 0 Å². The molecule has 1 aliphatic heterocycles. The van der Waals surface area contributed by atoms with Gasteiger partial charge in [-0.3, -0.25) is 14.5 Å². The van der Waals surface area contributed by atoms with Crippen LogP contribution in [0.15, 0.2) is 29.2 Å². The molecule has 0 bridgehead atoms. The summed E-state index contributed by atoms with van der Waals surface area (Å²) in [5.74, 6) is 1.94. The average molecular weight is 278 g/mol. The van der Waals surface area contributed by atoms with Crippen LogP contribution in [0.1, 0.15) is 5.56 Å². The highest BCUT2D eigenvalue weighted by Gasteiger charge is 2.34. The van der Waals surface area contributed by atoms with Crippen molar-refractivity contribution >= 4 is 40.6 Å². The number of hydrogen-bond donors (Lipinski definition) is 0. The Labute approximate surface area is 114 Å². The van der Waals surface area contributed by atoms with Crippen molar-refractivity contribution in [2.45, 2.75) is 0 Å². The Balaban J connectivity index is 2.25. The summed E-state index contributed by atoms with van der Waals surface area (Å²) in [6.07, 6.45) is 6.76. The van der Waals surface area contributed by atoms with E-state index in [4.69, 9.17) is 18.0 Å². The molecule has 3 nitrogen and oxygen atoms in total. The minimum absolute atomic E-state index is 0.00260. The van der Waals surface area contributed by atoms with E-state index in [0.717, 1.165) is 22.2 Å². The van der Waals surface area contributed by atoms with Crippen LogP contribution >= 0.6 is 23.4 Å². The summed E-state index contributed by atoms with van der Waals surface area (Å²) in [6.45, 7) is 0.00260. The summed E-state index contributed by atoms with van der Waals surface area (Å²) >= 11 is 6.66. The second kappa shape index (κ2) is 5.30. The highest BCUT2D eigenvalue weighted by Crippen LogP contribution is 2.31. The van der Waals surface area contributed by atoms with Crippen molar-refractivity contribution < 1.29 is 9.59 Å². The maximum atomic E-state index is 11.9. The Morgan fingerprint density at radius 3 is 2.61 bits per heavy atom. The number of imide groups is 1. The molecule has 1 aliphatic rings. The third-order valence-corrected chi connectivity index (χ3v) is 3.45. The molecule has 2 amide bonds. The quantitative estimate of drug-likeness (QED) is 0.616. The van der Waals surface area contributed by atoms with Crippen LogP contribution in [0.5, 0.6) is 0 Å². The van der Waals surface area contributed by atoms with Gasteiger partial charge in [-0.15, -0.1) is 6.42 Å². The standard InChI is InChI=1S/C13H8ClNO2S/c1-2-7-15-12(16)11(18-13(15)17)8-9-3-5-10(14)6-4-9/h1,3-6,8H,7H2. The van der Waals surface area contributed by atoms with Gasteiger partial charge in [0, 0.05) is 5.02 Å². The predicted molar refractivity (Wildman–Crippen MR) is 73.0 cm³/mol. The van der Waals surface area contributed by atoms with Crippen molar-refractivity contribution in [1.29, 1.82) is 0 Å². The molecule has 18 heavy (non-hydrogen) atoms. The molecular formula is C13H8ClNO2S. The first-order valence-electron chi connectivity index (χ1n) is 5.06. The molecule has 1 saturated heterocycles. The number of nitrogens with zero attached hydrogens (tertiary/aromatic N) is 1. The predicted octanol–water partition coefficient (Wildman–Crippen LogP) is 3.01. The van der Waals surface area contributed by atoms with Crippen LogP contribution in [0, 0.1) is 12.3 Å². The number of terminal acetylenes is 1. The summed E-state index contributed by atoms with van der Waals surface area (Å²) in [6, 6.07) is 6.99. The van der Waals surface area contributed by atoms with Crippen molar-refractivity contribution in [1.82, 2.24) is 4.90 Å². The topological polar surface area (TPSA) is 37.4 Å². The van der Waals surface area contributed by atoms with Gasteiger partial charge in [0.05, 0.1) is 11.4 Å². The van der Waals surface area contributed by atoms with E-state index in [2.05, 4.69) is 5.92 Å². The summed E-state index contributed by atoms with van der Waals surface area (Å²) in [5, 5.41) is 0.283. The smallest absolute Gasteiger partial charge is 0.268 e. The number of thioether (sulfide) groups is 1. The van der Waals surface area contributed by atoms with E-state index in [1.54, 1.807) is 30.3 Å². The third kappa shape index (κ3) is 2.58. The SMILES string of the molecule is C#CCN1C(=O)SC(=Cc2ccc(Cl)cc2)C1=O. The van der Waals surface area contributed by atoms with Gasteiger partial charge in [-0.2, -0.15) is 0 Å². The van der Waals surface area contributed by atoms with Gasteiger partial charge in [-0.1, -0.05) is 29.7 Å². The second-order valence-corrected chi connectivity index (χ2v) is 4.95. The summed E-state index contributed by atoms with van der Waals surface area (Å²) in [5.41, 5.74) is 0.811. The minimum atomic E-state index is -0.349. The van der Waals surface area contributed by atoms with Gasteiger partial charge in [-0.25, -0.2) is 0 Å². The summed E-state index contributed by atoms with van der Waals surface area (Å²) in [4.78, 5) is 24.8. The van der Waals surface area contributed by atoms with E-state index >= 15 is 0 Å². The van der Waals surface area contributed by atoms with E-state index in [1.165, 1.54) is 0 Å². The molecule has 2 rings (SSSR count). The van der Waals surface area contributed by atoms with E-state index < -0.39 is 0 Å². The second-order valence-electron chi connectivity index (χ2n) is 3.52. The molecule has 0 aliphatic carbocycles. The van der Waals surface area contributed by atoms with Crippen LogP contribution in [-0.2, 0) is 4.79 Å². The Hall–Kier alpha value is -1.70. The van der Waals surface area contributed by atoms with Crippen LogP contribution in [-0.4, -0.2) is 22.6 Å². The Kier molecular flexibility index (Phi) is 3.75. The van der Waals surface area contributed by atoms with Crippen LogP contribution in [0.25, 0.3) is 6.08 Å². The molecule has 1 fully saturated rings. The van der Waals surface area contributed by atoms with E-state index in [9.17, 15) is 9.59 Å². The molecule has 0 unspecified atom stereocenters. The molecule has 1 aromatic rings. The lowest BCUT2D eigenvalue weighted by molar-refractivity contribution is -0.122. The van der Waals surface area contributed by atoms with Crippen molar-refractivity contribution in [2.75, 3.05) is 6.54 Å². The Morgan fingerprint density at radius 1 is 1.33 bits per heavy atom. The number of amides is 2. The van der Waals surface area contributed by atoms with Gasteiger partial charge >= 0.3 is 0 Å². The number of carbonyl (C=O) groups is 2. The lowest BCUT2D eigenvalue weighted by Crippen LogP contribution is -2.28. The normalized spacial score (nSPS) is 17.3. The molecule has 0 N–H and O–H groups in total. The van der Waals surface area contributed by atoms with Crippen molar-refractivity contribution in [3.8, 4) is 12.3 Å². The lowest BCUT2D eigenvalue weighted by Gasteiger charge is -2.06. The zero-order valence-corrected chi connectivity index (χ0v) is 10.8. The van der Waals surface area contributed by atoms with E-state index in [-0.39, 0.29) is 17.7 Å². The van der Waals surface area contributed by atoms with Gasteiger partial charge in [0.25, 0.3) is 11.1 Å². The average Bonchev–Trinajstić information content (AvgIpc) is 2.60. The fourth-order valence-corrected chi connectivity index (χ4v) is 2.40. The third-order valence-electron chi connectivity index (χ3n) is 2.29. The molecule has 1 heterocycles. The van der Waals surface area contributed by atoms with E-state index in [1.807, 2.05) is 0 Å². The molecule has 0 spiro atoms. The maximum Gasteiger partial charge on any atom is 0.294 e. The zero-order valence-electron chi connectivity index (χ0n) is 9.22. The van der Waals surface area contributed by atoms with Crippen molar-refractivity contribution in [3.63, 3.8) is 0 Å². The molecule has 5 heteroatoms. The summed E-state index contributed by atoms with van der Waals surface area (Å²) in [7, 11) is 0. The number of halogens is 1. The van der Waals surface area contributed by atoms with Crippen LogP contribution in [0.4, 0.5) is 4.79 Å². The van der Waals surface area contributed by atoms with Gasteiger partial charge in [0.1, 0.15) is 0 Å². The molecule has 0 radical (unpaired) electrons. The van der Waals surface area contributed by atoms with Crippen LogP contribution in [0.2, 0.25) is 5.02 Å². The van der Waals surface area contributed by atoms with Gasteiger partial charge in [0.2, 0.25) is 0 Å². The first-order chi connectivity index (χ1) is 8.61. The molecular weight excluding hydrogens is 270 g/mol. The van der Waals surface area contributed by atoms with Crippen molar-refractivity contribution in [3.05, 3.63) is 39.8 Å². The van der Waals surface area contributed by atoms with Gasteiger partial charge in [-0.05, 0) is 35.5 Å². The number of benzene rings is 1. The molecule has 0 aromatic heterocycles. The molecule has 1 aromatic carbocycles. The van der Waals surface area contributed by atoms with Crippen LogP contribution in [0.3, 0.4) is 0 Å². The van der Waals surface area contributed by atoms with Gasteiger partial charge < -0.3 is 0 Å². The first kappa shape index (κ1) is 12.7. The fourth-order valence-electron chi connectivity index (χ4n) is 1.44. The number of rotatable bonds is 2. The molecule has 0 atom stereocenters. The molecule has 0 saturated carbocycles. The zero-order chi connectivity index (χ0) is 13.1. The Morgan fingerprint density at radius 2 is 2.00 bits per heavy atom. The lowest BCUT2D eigenvalue weighted by atomic mass is 10.2. The minimum Gasteiger partial charge on any atom is -0.268 e. The van der Waals surface area contributed by atoms with Gasteiger partial charge in [0.15, 0.2) is 0 Å². The highest BCUT2D eigenvalue weighted by atomic mass is 35.5. The highest BCUT2D eigenvalue weighted by molar-refractivity contribution is 8.18. The number of hydrogen-bond acceptors (Lipinski definition) is 3. The maximum absolute atomic E-state index is 11.9.